The molecular weight excluding hydrogens is 278 g/mol. The molecule has 0 amide bonds. The van der Waals surface area contributed by atoms with Crippen LogP contribution in [-0.2, 0) is 12.3 Å². The highest BCUT2D eigenvalue weighted by Crippen LogP contribution is 2.16. The minimum Gasteiger partial charge on any atom is -0.305 e. The number of alkyl halides is 1. The highest BCUT2D eigenvalue weighted by molar-refractivity contribution is 7.09. The number of likely N-dealkylation sites (N-methyl/N-ethyl adjacent to an activating group) is 1. The van der Waals surface area contributed by atoms with Gasteiger partial charge in [0.05, 0.1) is 16.6 Å². The number of unbranched alkanes of at least 4 members (excludes halogenated alkanes) is 1. The molecule has 1 atom stereocenters. The number of aryl methyl sites for hydroxylation is 1. The van der Waals surface area contributed by atoms with Crippen LogP contribution in [0.15, 0.2) is 5.38 Å². The second-order valence-electron chi connectivity index (χ2n) is 5.53. The van der Waals surface area contributed by atoms with Gasteiger partial charge in [0.15, 0.2) is 0 Å². The first-order valence-corrected chi connectivity index (χ1v) is 8.48. The molecule has 2 rings (SSSR count). The summed E-state index contributed by atoms with van der Waals surface area (Å²) in [7, 11) is 4.37. The van der Waals surface area contributed by atoms with Gasteiger partial charge in [-0.3, -0.25) is 0 Å². The van der Waals surface area contributed by atoms with Crippen LogP contribution in [-0.4, -0.2) is 54.6 Å². The predicted molar refractivity (Wildman–Crippen MR) is 83.1 cm³/mol. The van der Waals surface area contributed by atoms with Gasteiger partial charge in [0, 0.05) is 18.0 Å². The van der Waals surface area contributed by atoms with Crippen LogP contribution >= 0.6 is 22.9 Å². The molecule has 19 heavy (non-hydrogen) atoms. The van der Waals surface area contributed by atoms with E-state index in [0.29, 0.717) is 5.88 Å². The van der Waals surface area contributed by atoms with Crippen molar-refractivity contribution in [2.45, 2.75) is 37.6 Å². The molecule has 0 aromatic carbocycles. The van der Waals surface area contributed by atoms with Crippen molar-refractivity contribution in [3.63, 3.8) is 0 Å². The van der Waals surface area contributed by atoms with Crippen LogP contribution in [0.2, 0.25) is 0 Å². The maximum absolute atomic E-state index is 5.76. The lowest BCUT2D eigenvalue weighted by molar-refractivity contribution is 0.266. The molecule has 0 spiro atoms. The molecule has 3 nitrogen and oxygen atoms in total. The van der Waals surface area contributed by atoms with E-state index in [-0.39, 0.29) is 0 Å². The minimum atomic E-state index is 0.538. The molecule has 0 bridgehead atoms. The molecule has 0 radical (unpaired) electrons. The molecular formula is C14H24ClN3S. The van der Waals surface area contributed by atoms with Crippen molar-refractivity contribution in [2.75, 3.05) is 33.7 Å². The summed E-state index contributed by atoms with van der Waals surface area (Å²) in [5.41, 5.74) is 1.02. The van der Waals surface area contributed by atoms with Gasteiger partial charge in [-0.25, -0.2) is 4.98 Å². The minimum absolute atomic E-state index is 0.538. The van der Waals surface area contributed by atoms with Gasteiger partial charge in [-0.15, -0.1) is 22.9 Å². The fourth-order valence-electron chi connectivity index (χ4n) is 2.57. The van der Waals surface area contributed by atoms with Crippen LogP contribution in [0.1, 0.15) is 30.0 Å². The Balaban J connectivity index is 1.60. The molecule has 1 fully saturated rings. The Morgan fingerprint density at radius 2 is 2.32 bits per heavy atom. The summed E-state index contributed by atoms with van der Waals surface area (Å²) in [6.07, 6.45) is 4.93. The molecule has 2 heterocycles. The van der Waals surface area contributed by atoms with E-state index in [1.807, 2.05) is 0 Å². The van der Waals surface area contributed by atoms with Gasteiger partial charge in [-0.05, 0) is 52.9 Å². The molecule has 1 aromatic heterocycles. The van der Waals surface area contributed by atoms with Crippen molar-refractivity contribution in [2.24, 2.45) is 0 Å². The van der Waals surface area contributed by atoms with Gasteiger partial charge in [0.2, 0.25) is 0 Å². The van der Waals surface area contributed by atoms with Crippen LogP contribution in [0.5, 0.6) is 0 Å². The molecule has 1 unspecified atom stereocenters. The fourth-order valence-corrected chi connectivity index (χ4v) is 3.64. The zero-order chi connectivity index (χ0) is 13.7. The molecule has 0 aliphatic carbocycles. The van der Waals surface area contributed by atoms with Crippen LogP contribution in [0.4, 0.5) is 0 Å². The summed E-state index contributed by atoms with van der Waals surface area (Å²) in [5.74, 6) is 0.538. The number of aromatic nitrogens is 1. The zero-order valence-corrected chi connectivity index (χ0v) is 13.5. The topological polar surface area (TPSA) is 19.4 Å². The van der Waals surface area contributed by atoms with E-state index in [4.69, 9.17) is 11.6 Å². The Morgan fingerprint density at radius 1 is 1.47 bits per heavy atom. The number of thiazole rings is 1. The average Bonchev–Trinajstić information content (AvgIpc) is 3.03. The van der Waals surface area contributed by atoms with E-state index in [9.17, 15) is 0 Å². The highest BCUT2D eigenvalue weighted by atomic mass is 35.5. The number of hydrogen-bond donors (Lipinski definition) is 0. The summed E-state index contributed by atoms with van der Waals surface area (Å²) in [5, 5.41) is 3.31. The second kappa shape index (κ2) is 7.58. The Bertz CT molecular complexity index is 381. The maximum Gasteiger partial charge on any atom is 0.0928 e. The molecule has 1 aliphatic rings. The van der Waals surface area contributed by atoms with E-state index in [2.05, 4.69) is 34.3 Å². The first-order valence-electron chi connectivity index (χ1n) is 7.07. The Labute approximate surface area is 125 Å². The third kappa shape index (κ3) is 4.71. The molecule has 5 heteroatoms. The molecule has 0 N–H and O–H groups in total. The Morgan fingerprint density at radius 3 is 2.95 bits per heavy atom. The lowest BCUT2D eigenvalue weighted by Crippen LogP contribution is -2.31. The maximum atomic E-state index is 5.76. The van der Waals surface area contributed by atoms with Crippen LogP contribution < -0.4 is 0 Å². The summed E-state index contributed by atoms with van der Waals surface area (Å²) in [6.45, 7) is 3.73. The van der Waals surface area contributed by atoms with Crippen LogP contribution in [0, 0.1) is 0 Å². The smallest absolute Gasteiger partial charge is 0.0928 e. The van der Waals surface area contributed by atoms with Crippen molar-refractivity contribution >= 4 is 22.9 Å². The molecule has 1 aliphatic heterocycles. The van der Waals surface area contributed by atoms with Gasteiger partial charge < -0.3 is 9.80 Å². The normalized spacial score (nSPS) is 20.5. The van der Waals surface area contributed by atoms with Crippen molar-refractivity contribution in [1.82, 2.24) is 14.8 Å². The van der Waals surface area contributed by atoms with Crippen molar-refractivity contribution in [3.8, 4) is 0 Å². The van der Waals surface area contributed by atoms with E-state index in [0.717, 1.165) is 18.2 Å². The number of halogens is 1. The third-order valence-electron chi connectivity index (χ3n) is 3.83. The standard InChI is InChI=1S/C14H24ClN3S/c1-17(2)13-6-8-18(10-13)7-4-3-5-14-16-12(9-15)11-19-14/h11,13H,3-10H2,1-2H3. The van der Waals surface area contributed by atoms with Gasteiger partial charge in [0.1, 0.15) is 0 Å². The zero-order valence-electron chi connectivity index (χ0n) is 11.9. The predicted octanol–water partition coefficient (Wildman–Crippen LogP) is 2.84. The van der Waals surface area contributed by atoms with Gasteiger partial charge in [-0.2, -0.15) is 0 Å². The largest absolute Gasteiger partial charge is 0.305 e. The van der Waals surface area contributed by atoms with Crippen LogP contribution in [0.3, 0.4) is 0 Å². The Hall–Kier alpha value is -0.160. The van der Waals surface area contributed by atoms with E-state index in [1.54, 1.807) is 11.3 Å². The number of likely N-dealkylation sites (tertiary alicyclic amines) is 1. The van der Waals surface area contributed by atoms with E-state index >= 15 is 0 Å². The van der Waals surface area contributed by atoms with Gasteiger partial charge in [-0.1, -0.05) is 0 Å². The molecule has 108 valence electrons. The number of rotatable bonds is 7. The highest BCUT2D eigenvalue weighted by Gasteiger charge is 2.22. The summed E-state index contributed by atoms with van der Waals surface area (Å²) >= 11 is 7.51. The molecule has 1 saturated heterocycles. The summed E-state index contributed by atoms with van der Waals surface area (Å²) < 4.78 is 0. The molecule has 0 saturated carbocycles. The van der Waals surface area contributed by atoms with Gasteiger partial charge >= 0.3 is 0 Å². The van der Waals surface area contributed by atoms with Crippen molar-refractivity contribution in [3.05, 3.63) is 16.1 Å². The Kier molecular flexibility index (Phi) is 6.07. The summed E-state index contributed by atoms with van der Waals surface area (Å²) in [6, 6.07) is 0.755. The lowest BCUT2D eigenvalue weighted by Gasteiger charge is -2.20. The van der Waals surface area contributed by atoms with Crippen molar-refractivity contribution < 1.29 is 0 Å². The quantitative estimate of drug-likeness (QED) is 0.570. The average molecular weight is 302 g/mol. The van der Waals surface area contributed by atoms with E-state index < -0.39 is 0 Å². The second-order valence-corrected chi connectivity index (χ2v) is 6.74. The SMILES string of the molecule is CN(C)C1CCN(CCCCc2nc(CCl)cs2)C1. The lowest BCUT2D eigenvalue weighted by atomic mass is 10.2. The third-order valence-corrected chi connectivity index (χ3v) is 5.06. The fraction of sp³-hybridized carbons (Fsp3) is 0.786. The van der Waals surface area contributed by atoms with Crippen molar-refractivity contribution in [1.29, 1.82) is 0 Å². The first-order chi connectivity index (χ1) is 9.19. The number of nitrogens with zero attached hydrogens (tertiary/aromatic N) is 3. The van der Waals surface area contributed by atoms with E-state index in [1.165, 1.54) is 43.9 Å². The number of hydrogen-bond acceptors (Lipinski definition) is 4. The monoisotopic (exact) mass is 301 g/mol. The van der Waals surface area contributed by atoms with Gasteiger partial charge in [0.25, 0.3) is 0 Å². The first kappa shape index (κ1) is 15.2. The molecule has 1 aromatic rings. The van der Waals surface area contributed by atoms with Crippen LogP contribution in [0.25, 0.3) is 0 Å². The summed E-state index contributed by atoms with van der Waals surface area (Å²) in [4.78, 5) is 9.44.